The molecule has 0 saturated heterocycles. The van der Waals surface area contributed by atoms with Gasteiger partial charge < -0.3 is 5.11 Å². The van der Waals surface area contributed by atoms with Crippen LogP contribution in [0.4, 0.5) is 11.4 Å². The van der Waals surface area contributed by atoms with Crippen molar-refractivity contribution in [3.63, 3.8) is 0 Å². The summed E-state index contributed by atoms with van der Waals surface area (Å²) in [5, 5.41) is 30.3. The average molecular weight is 340 g/mol. The molecule has 0 saturated carbocycles. The van der Waals surface area contributed by atoms with E-state index in [-0.39, 0.29) is 28.7 Å². The van der Waals surface area contributed by atoms with Crippen LogP contribution < -0.4 is 5.56 Å². The van der Waals surface area contributed by atoms with Crippen molar-refractivity contribution in [2.75, 3.05) is 0 Å². The number of aromatic hydroxyl groups is 1. The van der Waals surface area contributed by atoms with Crippen LogP contribution in [0.25, 0.3) is 0 Å². The minimum absolute atomic E-state index is 0.0573. The van der Waals surface area contributed by atoms with Gasteiger partial charge in [0.05, 0.1) is 16.2 Å². The lowest BCUT2D eigenvalue weighted by Crippen LogP contribution is -2.26. The van der Waals surface area contributed by atoms with Crippen LogP contribution in [0, 0.1) is 28.4 Å². The average Bonchev–Trinajstić information content (AvgIpc) is 2.55. The monoisotopic (exact) mass is 340 g/mol. The van der Waals surface area contributed by atoms with Gasteiger partial charge in [0.25, 0.3) is 11.2 Å². The molecule has 1 aromatic carbocycles. The number of hydrogen-bond acceptors (Lipinski definition) is 6. The van der Waals surface area contributed by atoms with Gasteiger partial charge in [0.1, 0.15) is 11.6 Å². The molecular formula is C17H16N4O4. The van der Waals surface area contributed by atoms with Gasteiger partial charge in [-0.15, -0.1) is 0 Å². The number of nitriles is 1. The molecule has 8 nitrogen and oxygen atoms in total. The molecule has 25 heavy (non-hydrogen) atoms. The van der Waals surface area contributed by atoms with Gasteiger partial charge in [-0.25, -0.2) is 0 Å². The van der Waals surface area contributed by atoms with Gasteiger partial charge in [-0.05, 0) is 38.5 Å². The predicted molar refractivity (Wildman–Crippen MR) is 92.6 cm³/mol. The summed E-state index contributed by atoms with van der Waals surface area (Å²) in [5.41, 5.74) is 0.343. The number of hydrogen-bond donors (Lipinski definition) is 1. The number of benzene rings is 1. The number of rotatable bonds is 4. The van der Waals surface area contributed by atoms with Gasteiger partial charge in [-0.3, -0.25) is 24.5 Å². The van der Waals surface area contributed by atoms with E-state index in [1.807, 2.05) is 6.07 Å². The minimum Gasteiger partial charge on any atom is -0.494 e. The number of aromatic nitrogens is 1. The number of nitrogens with zero attached hydrogens (tertiary/aromatic N) is 4. The van der Waals surface area contributed by atoms with Crippen LogP contribution in [-0.2, 0) is 0 Å². The molecule has 0 radical (unpaired) electrons. The Morgan fingerprint density at radius 1 is 1.36 bits per heavy atom. The number of nitro benzene ring substituents is 1. The van der Waals surface area contributed by atoms with Crippen molar-refractivity contribution >= 4 is 17.6 Å². The molecule has 0 spiro atoms. The normalized spacial score (nSPS) is 11.0. The molecule has 0 aliphatic rings. The van der Waals surface area contributed by atoms with Crippen molar-refractivity contribution in [1.82, 2.24) is 4.57 Å². The Labute approximate surface area is 143 Å². The van der Waals surface area contributed by atoms with E-state index < -0.39 is 10.5 Å². The molecule has 0 bridgehead atoms. The first-order chi connectivity index (χ1) is 11.8. The first-order valence-electron chi connectivity index (χ1n) is 7.44. The lowest BCUT2D eigenvalue weighted by molar-refractivity contribution is -0.384. The van der Waals surface area contributed by atoms with Gasteiger partial charge in [-0.2, -0.15) is 5.26 Å². The molecule has 1 N–H and O–H groups in total. The summed E-state index contributed by atoms with van der Waals surface area (Å²) in [6.07, 6.45) is 1.34. The van der Waals surface area contributed by atoms with E-state index in [4.69, 9.17) is 0 Å². The summed E-state index contributed by atoms with van der Waals surface area (Å²) >= 11 is 0. The van der Waals surface area contributed by atoms with Crippen molar-refractivity contribution in [2.45, 2.75) is 26.8 Å². The van der Waals surface area contributed by atoms with E-state index >= 15 is 0 Å². The highest BCUT2D eigenvalue weighted by Gasteiger charge is 2.19. The zero-order valence-electron chi connectivity index (χ0n) is 13.9. The molecule has 0 fully saturated rings. The molecule has 0 unspecified atom stereocenters. The fourth-order valence-electron chi connectivity index (χ4n) is 2.37. The Hall–Kier alpha value is -3.47. The van der Waals surface area contributed by atoms with Crippen molar-refractivity contribution in [2.24, 2.45) is 4.99 Å². The third kappa shape index (κ3) is 3.40. The highest BCUT2D eigenvalue weighted by atomic mass is 16.6. The van der Waals surface area contributed by atoms with Gasteiger partial charge in [0.15, 0.2) is 0 Å². The Morgan fingerprint density at radius 3 is 2.44 bits per heavy atom. The molecule has 0 aliphatic carbocycles. The Bertz CT molecular complexity index is 951. The third-order valence-electron chi connectivity index (χ3n) is 3.71. The first-order valence-corrected chi connectivity index (χ1v) is 7.44. The summed E-state index contributed by atoms with van der Waals surface area (Å²) in [6, 6.07) is 7.08. The lowest BCUT2D eigenvalue weighted by atomic mass is 10.1. The highest BCUT2D eigenvalue weighted by molar-refractivity contribution is 5.87. The zero-order chi connectivity index (χ0) is 18.7. The molecule has 128 valence electrons. The van der Waals surface area contributed by atoms with Gasteiger partial charge in [0, 0.05) is 24.4 Å². The van der Waals surface area contributed by atoms with E-state index in [0.29, 0.717) is 11.3 Å². The molecule has 0 aliphatic heterocycles. The van der Waals surface area contributed by atoms with Gasteiger partial charge >= 0.3 is 0 Å². The van der Waals surface area contributed by atoms with Crippen LogP contribution in [0.5, 0.6) is 5.88 Å². The topological polar surface area (TPSA) is 122 Å². The molecule has 0 atom stereocenters. The van der Waals surface area contributed by atoms with Crippen molar-refractivity contribution < 1.29 is 10.0 Å². The van der Waals surface area contributed by atoms with Crippen LogP contribution in [0.2, 0.25) is 0 Å². The number of nitro groups is 1. The molecule has 1 aromatic heterocycles. The fraction of sp³-hybridized carbons (Fsp3) is 0.235. The lowest BCUT2D eigenvalue weighted by Gasteiger charge is -2.16. The van der Waals surface area contributed by atoms with E-state index in [9.17, 15) is 25.3 Å². The number of non-ortho nitro benzene ring substituents is 1. The maximum atomic E-state index is 12.3. The first kappa shape index (κ1) is 17.9. The van der Waals surface area contributed by atoms with E-state index in [1.54, 1.807) is 20.8 Å². The smallest absolute Gasteiger partial charge is 0.271 e. The van der Waals surface area contributed by atoms with E-state index in [1.165, 1.54) is 30.5 Å². The van der Waals surface area contributed by atoms with E-state index in [2.05, 4.69) is 4.99 Å². The molecular weight excluding hydrogens is 324 g/mol. The zero-order valence-corrected chi connectivity index (χ0v) is 13.9. The van der Waals surface area contributed by atoms with E-state index in [0.717, 1.165) is 4.57 Å². The minimum atomic E-state index is -0.556. The summed E-state index contributed by atoms with van der Waals surface area (Å²) in [7, 11) is 0. The van der Waals surface area contributed by atoms with Crippen molar-refractivity contribution in [3.05, 3.63) is 61.4 Å². The van der Waals surface area contributed by atoms with Gasteiger partial charge in [-0.1, -0.05) is 0 Å². The summed E-state index contributed by atoms with van der Waals surface area (Å²) in [6.45, 7) is 4.99. The van der Waals surface area contributed by atoms with Crippen LogP contribution >= 0.6 is 0 Å². The molecule has 2 aromatic rings. The van der Waals surface area contributed by atoms with Crippen molar-refractivity contribution in [1.29, 1.82) is 5.26 Å². The molecule has 8 heteroatoms. The maximum Gasteiger partial charge on any atom is 0.271 e. The summed E-state index contributed by atoms with van der Waals surface area (Å²) < 4.78 is 1.13. The molecule has 1 heterocycles. The number of aliphatic imine (C=N–C) groups is 1. The maximum absolute atomic E-state index is 12.3. The Balaban J connectivity index is 2.56. The second-order valence-corrected chi connectivity index (χ2v) is 5.65. The SMILES string of the molecule is Cc1c(C=Nc2ccc([N+](=O)[O-])cc2)c(O)n(C(C)C)c(=O)c1C#N. The Morgan fingerprint density at radius 2 is 1.96 bits per heavy atom. The second-order valence-electron chi connectivity index (χ2n) is 5.65. The summed E-state index contributed by atoms with van der Waals surface area (Å²) in [5.74, 6) is -0.276. The van der Waals surface area contributed by atoms with Crippen LogP contribution in [-0.4, -0.2) is 20.8 Å². The third-order valence-corrected chi connectivity index (χ3v) is 3.71. The van der Waals surface area contributed by atoms with Crippen LogP contribution in [0.15, 0.2) is 34.1 Å². The quantitative estimate of drug-likeness (QED) is 0.521. The second kappa shape index (κ2) is 6.97. The Kier molecular flexibility index (Phi) is 4.98. The largest absolute Gasteiger partial charge is 0.494 e. The van der Waals surface area contributed by atoms with Gasteiger partial charge in [0.2, 0.25) is 5.88 Å². The van der Waals surface area contributed by atoms with Crippen molar-refractivity contribution in [3.8, 4) is 11.9 Å². The molecule has 0 amide bonds. The van der Waals surface area contributed by atoms with Crippen LogP contribution in [0.3, 0.4) is 0 Å². The fourth-order valence-corrected chi connectivity index (χ4v) is 2.37. The summed E-state index contributed by atoms with van der Waals surface area (Å²) in [4.78, 5) is 26.6. The van der Waals surface area contributed by atoms with Crippen LogP contribution in [0.1, 0.15) is 36.6 Å². The predicted octanol–water partition coefficient (Wildman–Crippen LogP) is 2.97. The number of pyridine rings is 1. The standard InChI is InChI=1S/C17H16N4O4/c1-10(2)20-16(22)14(8-18)11(3)15(17(20)23)9-19-12-4-6-13(7-5-12)21(24)25/h4-7,9-10,23H,1-3H3. The molecule has 2 rings (SSSR count). The highest BCUT2D eigenvalue weighted by Crippen LogP contribution is 2.24.